The van der Waals surface area contributed by atoms with Gasteiger partial charge in [-0.2, -0.15) is 0 Å². The van der Waals surface area contributed by atoms with Gasteiger partial charge in [-0.25, -0.2) is 24.0 Å². The van der Waals surface area contributed by atoms with Crippen molar-refractivity contribution in [2.24, 2.45) is 11.3 Å². The third-order valence-electron chi connectivity index (χ3n) is 4.70. The largest absolute Gasteiger partial charge is 0.463 e. The number of hydrogen-bond donors (Lipinski definition) is 0. The van der Waals surface area contributed by atoms with Gasteiger partial charge in [0.05, 0.1) is 6.61 Å². The number of hydrogen-bond acceptors (Lipinski definition) is 10. The Morgan fingerprint density at radius 1 is 0.622 bits per heavy atom. The molecule has 0 aliphatic heterocycles. The zero-order chi connectivity index (χ0) is 28.7. The van der Waals surface area contributed by atoms with Gasteiger partial charge in [0.25, 0.3) is 0 Å². The first-order chi connectivity index (χ1) is 17.5. The van der Waals surface area contributed by atoms with Crippen molar-refractivity contribution in [3.05, 3.63) is 63.3 Å². The van der Waals surface area contributed by atoms with Gasteiger partial charge in [-0.3, -0.25) is 0 Å². The van der Waals surface area contributed by atoms with Gasteiger partial charge >= 0.3 is 29.8 Å². The van der Waals surface area contributed by atoms with Crippen LogP contribution >= 0.6 is 0 Å². The lowest BCUT2D eigenvalue weighted by Crippen LogP contribution is -2.43. The highest BCUT2D eigenvalue weighted by atomic mass is 16.6. The van der Waals surface area contributed by atoms with Crippen LogP contribution in [0.4, 0.5) is 0 Å². The Labute approximate surface area is 218 Å². The fourth-order valence-electron chi connectivity index (χ4n) is 2.25. The van der Waals surface area contributed by atoms with Crippen LogP contribution in [0, 0.1) is 11.3 Å². The number of rotatable bonds is 18. The summed E-state index contributed by atoms with van der Waals surface area (Å²) in [7, 11) is 0. The molecule has 0 aliphatic carbocycles. The van der Waals surface area contributed by atoms with Crippen LogP contribution in [0.2, 0.25) is 0 Å². The van der Waals surface area contributed by atoms with Gasteiger partial charge in [0.2, 0.25) is 0 Å². The molecule has 0 N–H and O–H groups in total. The fraction of sp³-hybridized carbons (Fsp3) is 0.444. The zero-order valence-electron chi connectivity index (χ0n) is 21.7. The quantitative estimate of drug-likeness (QED) is 0.114. The van der Waals surface area contributed by atoms with Gasteiger partial charge in [0, 0.05) is 30.4 Å². The predicted molar refractivity (Wildman–Crippen MR) is 137 cm³/mol. The van der Waals surface area contributed by atoms with Crippen molar-refractivity contribution in [3.63, 3.8) is 0 Å². The van der Waals surface area contributed by atoms with E-state index in [4.69, 9.17) is 23.7 Å². The van der Waals surface area contributed by atoms with Crippen LogP contribution in [0.15, 0.2) is 63.3 Å². The monoisotopic (exact) mass is 522 g/mol. The minimum Gasteiger partial charge on any atom is -0.463 e. The number of carbonyl (C=O) groups is 5. The Hall–Kier alpha value is -3.95. The molecule has 206 valence electrons. The SMILES string of the molecule is C=CC(=O)OCC(COC(=O)C=C)(COC(=O)C=C)COC(=O)C=C.C=CC(=O)OCCCC(C)CC. The standard InChI is InChI=1S/C17H20O8.C10H18O2/c1-5-13(18)22-9-17(10-23-14(19)6-2,11-24-15(20)7-3)12-25-16(21)8-4;1-4-9(3)7-6-8-12-10(11)5-2/h5-8H,1-4,9-12H2;5,9H,2,4,6-8H2,1,3H3. The summed E-state index contributed by atoms with van der Waals surface area (Å²) in [6.07, 6.45) is 8.16. The lowest BCUT2D eigenvalue weighted by molar-refractivity contribution is -0.164. The smallest absolute Gasteiger partial charge is 0.330 e. The van der Waals surface area contributed by atoms with Crippen LogP contribution in [0.25, 0.3) is 0 Å². The molecule has 0 aromatic rings. The molecule has 0 spiro atoms. The van der Waals surface area contributed by atoms with E-state index >= 15 is 0 Å². The van der Waals surface area contributed by atoms with Gasteiger partial charge in [-0.15, -0.1) is 0 Å². The zero-order valence-corrected chi connectivity index (χ0v) is 21.7. The van der Waals surface area contributed by atoms with E-state index in [2.05, 4.69) is 46.7 Å². The number of carbonyl (C=O) groups excluding carboxylic acids is 5. The Balaban J connectivity index is 0. The van der Waals surface area contributed by atoms with Crippen molar-refractivity contribution in [1.82, 2.24) is 0 Å². The number of esters is 5. The molecular formula is C27H38O10. The third kappa shape index (κ3) is 19.0. The maximum absolute atomic E-state index is 11.3. The van der Waals surface area contributed by atoms with Crippen molar-refractivity contribution < 1.29 is 47.7 Å². The summed E-state index contributed by atoms with van der Waals surface area (Å²) in [6.45, 7) is 19.7. The second-order valence-electron chi connectivity index (χ2n) is 7.77. The van der Waals surface area contributed by atoms with Gasteiger partial charge < -0.3 is 23.7 Å². The molecule has 0 aliphatic rings. The maximum atomic E-state index is 11.3. The molecule has 0 bridgehead atoms. The topological polar surface area (TPSA) is 132 Å². The molecule has 1 atom stereocenters. The molecule has 37 heavy (non-hydrogen) atoms. The molecular weight excluding hydrogens is 484 g/mol. The first kappa shape index (κ1) is 35.2. The van der Waals surface area contributed by atoms with Crippen LogP contribution in [0.5, 0.6) is 0 Å². The predicted octanol–water partition coefficient (Wildman–Crippen LogP) is 3.43. The normalized spacial score (nSPS) is 10.6. The first-order valence-electron chi connectivity index (χ1n) is 11.5. The summed E-state index contributed by atoms with van der Waals surface area (Å²) in [5, 5.41) is 0. The summed E-state index contributed by atoms with van der Waals surface area (Å²) in [5.74, 6) is -2.63. The van der Waals surface area contributed by atoms with E-state index in [0.29, 0.717) is 6.61 Å². The van der Waals surface area contributed by atoms with Crippen molar-refractivity contribution in [3.8, 4) is 0 Å². The van der Waals surface area contributed by atoms with E-state index < -0.39 is 29.3 Å². The second kappa shape index (κ2) is 21.3. The van der Waals surface area contributed by atoms with E-state index in [-0.39, 0.29) is 32.4 Å². The van der Waals surface area contributed by atoms with Crippen molar-refractivity contribution in [2.45, 2.75) is 33.1 Å². The van der Waals surface area contributed by atoms with E-state index in [1.54, 1.807) is 0 Å². The van der Waals surface area contributed by atoms with Crippen molar-refractivity contribution >= 4 is 29.8 Å². The fourth-order valence-corrected chi connectivity index (χ4v) is 2.25. The molecule has 0 aromatic carbocycles. The molecule has 10 heteroatoms. The summed E-state index contributed by atoms with van der Waals surface area (Å²) in [4.78, 5) is 55.9. The highest BCUT2D eigenvalue weighted by Gasteiger charge is 2.37. The molecule has 0 rings (SSSR count). The Morgan fingerprint density at radius 2 is 0.919 bits per heavy atom. The first-order valence-corrected chi connectivity index (χ1v) is 11.5. The molecule has 0 saturated heterocycles. The lowest BCUT2D eigenvalue weighted by Gasteiger charge is -2.31. The van der Waals surface area contributed by atoms with Gasteiger partial charge in [0.15, 0.2) is 0 Å². The molecule has 0 amide bonds. The molecule has 0 fully saturated rings. The van der Waals surface area contributed by atoms with Crippen LogP contribution in [-0.2, 0) is 47.7 Å². The average molecular weight is 523 g/mol. The Kier molecular flexibility index (Phi) is 20.3. The minimum absolute atomic E-state index is 0.320. The van der Waals surface area contributed by atoms with Gasteiger partial charge in [-0.1, -0.05) is 53.2 Å². The van der Waals surface area contributed by atoms with Gasteiger partial charge in [-0.05, 0) is 18.8 Å². The summed E-state index contributed by atoms with van der Waals surface area (Å²) >= 11 is 0. The van der Waals surface area contributed by atoms with Crippen LogP contribution in [0.1, 0.15) is 33.1 Å². The van der Waals surface area contributed by atoms with E-state index in [0.717, 1.165) is 43.1 Å². The molecule has 0 radical (unpaired) electrons. The summed E-state index contributed by atoms with van der Waals surface area (Å²) in [6, 6.07) is 0. The lowest BCUT2D eigenvalue weighted by atomic mass is 9.92. The van der Waals surface area contributed by atoms with E-state index in [9.17, 15) is 24.0 Å². The van der Waals surface area contributed by atoms with Crippen molar-refractivity contribution in [2.75, 3.05) is 33.0 Å². The van der Waals surface area contributed by atoms with E-state index in [1.807, 2.05) is 0 Å². The summed E-state index contributed by atoms with van der Waals surface area (Å²) in [5.41, 5.74) is -1.34. The molecule has 0 saturated carbocycles. The third-order valence-corrected chi connectivity index (χ3v) is 4.70. The van der Waals surface area contributed by atoms with Crippen LogP contribution in [-0.4, -0.2) is 62.9 Å². The second-order valence-corrected chi connectivity index (χ2v) is 7.77. The molecule has 1 unspecified atom stereocenters. The molecule has 0 heterocycles. The average Bonchev–Trinajstić information content (AvgIpc) is 2.93. The Bertz CT molecular complexity index is 710. The highest BCUT2D eigenvalue weighted by Crippen LogP contribution is 2.21. The van der Waals surface area contributed by atoms with Crippen LogP contribution < -0.4 is 0 Å². The maximum Gasteiger partial charge on any atom is 0.330 e. The summed E-state index contributed by atoms with van der Waals surface area (Å²) < 4.78 is 24.6. The van der Waals surface area contributed by atoms with Gasteiger partial charge in [0.1, 0.15) is 31.8 Å². The van der Waals surface area contributed by atoms with Crippen molar-refractivity contribution in [1.29, 1.82) is 0 Å². The number of ether oxygens (including phenoxy) is 5. The van der Waals surface area contributed by atoms with E-state index in [1.165, 1.54) is 12.5 Å². The Morgan fingerprint density at radius 3 is 1.19 bits per heavy atom. The minimum atomic E-state index is -1.34. The highest BCUT2D eigenvalue weighted by molar-refractivity contribution is 5.83. The molecule has 10 nitrogen and oxygen atoms in total. The molecule has 0 aromatic heterocycles. The van der Waals surface area contributed by atoms with Crippen LogP contribution in [0.3, 0.4) is 0 Å².